The Kier molecular flexibility index (Phi) is 5.53. The van der Waals surface area contributed by atoms with Gasteiger partial charge in [-0.15, -0.1) is 0 Å². The van der Waals surface area contributed by atoms with Gasteiger partial charge in [-0.25, -0.2) is 14.2 Å². The van der Waals surface area contributed by atoms with E-state index in [2.05, 4.69) is 10.3 Å². The fraction of sp³-hybridized carbons (Fsp3) is 0.174. The molecular formula is C23H20FN3O4. The number of fused-ring (bicyclic) bond motifs is 1. The number of ether oxygens (including phenoxy) is 1. The summed E-state index contributed by atoms with van der Waals surface area (Å²) in [5.74, 6) is -0.228. The van der Waals surface area contributed by atoms with E-state index in [1.54, 1.807) is 36.7 Å². The zero-order chi connectivity index (χ0) is 22.0. The number of nitrogens with one attached hydrogen (secondary N) is 1. The number of aromatic nitrogens is 2. The summed E-state index contributed by atoms with van der Waals surface area (Å²) in [7, 11) is 1.54. The van der Waals surface area contributed by atoms with Crippen molar-refractivity contribution >= 4 is 22.6 Å². The van der Waals surface area contributed by atoms with Crippen molar-refractivity contribution in [3.63, 3.8) is 0 Å². The number of carbonyl (C=O) groups is 1. The molecule has 0 atom stereocenters. The molecule has 0 saturated carbocycles. The second-order valence-corrected chi connectivity index (χ2v) is 7.04. The van der Waals surface area contributed by atoms with Gasteiger partial charge in [0.1, 0.15) is 17.1 Å². The number of nitrogens with zero attached hydrogens (tertiary/aromatic N) is 2. The molecule has 2 aromatic carbocycles. The molecule has 4 aromatic rings. The van der Waals surface area contributed by atoms with Crippen LogP contribution in [0.5, 0.6) is 5.75 Å². The van der Waals surface area contributed by atoms with Crippen molar-refractivity contribution in [2.75, 3.05) is 12.4 Å². The Morgan fingerprint density at radius 3 is 2.81 bits per heavy atom. The van der Waals surface area contributed by atoms with E-state index in [1.165, 1.54) is 24.1 Å². The van der Waals surface area contributed by atoms with Gasteiger partial charge < -0.3 is 19.0 Å². The van der Waals surface area contributed by atoms with Crippen LogP contribution in [0.15, 0.2) is 64.3 Å². The summed E-state index contributed by atoms with van der Waals surface area (Å²) in [4.78, 5) is 28.7. The molecule has 31 heavy (non-hydrogen) atoms. The predicted octanol–water partition coefficient (Wildman–Crippen LogP) is 4.01. The topological polar surface area (TPSA) is 86.4 Å². The first kappa shape index (κ1) is 20.3. The number of anilines is 1. The normalized spacial score (nSPS) is 10.9. The summed E-state index contributed by atoms with van der Waals surface area (Å²) in [5, 5.41) is 3.45. The summed E-state index contributed by atoms with van der Waals surface area (Å²) in [6.07, 6.45) is 4.93. The average Bonchev–Trinajstić information content (AvgIpc) is 3.27. The third-order valence-electron chi connectivity index (χ3n) is 5.11. The standard InChI is InChI=1S/C23H20FN3O4/c1-14-17-5-4-16(30-2)12-21(17)31-23(29)18(14)6-8-22(28)26-15-3-7-20(19(24)11-15)27-10-9-25-13-27/h3-5,7,9-13H,6,8H2,1-2H3,(H,26,28). The van der Waals surface area contributed by atoms with Gasteiger partial charge >= 0.3 is 5.63 Å². The molecular weight excluding hydrogens is 401 g/mol. The number of carbonyl (C=O) groups excluding carboxylic acids is 1. The smallest absolute Gasteiger partial charge is 0.339 e. The van der Waals surface area contributed by atoms with Crippen LogP contribution in [-0.4, -0.2) is 22.6 Å². The van der Waals surface area contributed by atoms with Gasteiger partial charge in [0.05, 0.1) is 19.1 Å². The number of imidazole rings is 1. The zero-order valence-corrected chi connectivity index (χ0v) is 17.0. The minimum Gasteiger partial charge on any atom is -0.497 e. The first-order valence-corrected chi connectivity index (χ1v) is 9.64. The number of amides is 1. The second-order valence-electron chi connectivity index (χ2n) is 7.04. The Morgan fingerprint density at radius 1 is 1.26 bits per heavy atom. The lowest BCUT2D eigenvalue weighted by atomic mass is 10.0. The molecule has 0 aliphatic heterocycles. The lowest BCUT2D eigenvalue weighted by Crippen LogP contribution is -2.16. The molecule has 7 nitrogen and oxygen atoms in total. The average molecular weight is 421 g/mol. The second kappa shape index (κ2) is 8.43. The Morgan fingerprint density at radius 2 is 2.10 bits per heavy atom. The SMILES string of the molecule is COc1ccc2c(C)c(CCC(=O)Nc3ccc(-n4ccnc4)c(F)c3)c(=O)oc2c1. The third-order valence-corrected chi connectivity index (χ3v) is 5.11. The van der Waals surface area contributed by atoms with Gasteiger partial charge in [0.15, 0.2) is 0 Å². The fourth-order valence-electron chi connectivity index (χ4n) is 3.45. The summed E-state index contributed by atoms with van der Waals surface area (Å²) in [6.45, 7) is 1.82. The molecule has 8 heteroatoms. The zero-order valence-electron chi connectivity index (χ0n) is 17.0. The van der Waals surface area contributed by atoms with Crippen LogP contribution in [-0.2, 0) is 11.2 Å². The third kappa shape index (κ3) is 4.18. The minimum absolute atomic E-state index is 0.0537. The first-order valence-electron chi connectivity index (χ1n) is 9.64. The van der Waals surface area contributed by atoms with Gasteiger partial charge in [-0.05, 0) is 49.2 Å². The van der Waals surface area contributed by atoms with Gasteiger partial charge in [0, 0.05) is 41.5 Å². The molecule has 0 bridgehead atoms. The molecule has 0 aliphatic carbocycles. The lowest BCUT2D eigenvalue weighted by Gasteiger charge is -2.10. The van der Waals surface area contributed by atoms with E-state index >= 15 is 0 Å². The molecule has 1 N–H and O–H groups in total. The van der Waals surface area contributed by atoms with Gasteiger partial charge in [-0.1, -0.05) is 0 Å². The highest BCUT2D eigenvalue weighted by atomic mass is 19.1. The maximum absolute atomic E-state index is 14.4. The summed E-state index contributed by atoms with van der Waals surface area (Å²) in [5.41, 5.74) is 1.81. The summed E-state index contributed by atoms with van der Waals surface area (Å²) in [6, 6.07) is 9.68. The van der Waals surface area contributed by atoms with Crippen LogP contribution in [0, 0.1) is 12.7 Å². The van der Waals surface area contributed by atoms with E-state index < -0.39 is 11.4 Å². The monoisotopic (exact) mass is 421 g/mol. The molecule has 0 radical (unpaired) electrons. The molecule has 0 fully saturated rings. The van der Waals surface area contributed by atoms with Crippen LogP contribution >= 0.6 is 0 Å². The molecule has 1 amide bonds. The highest BCUT2D eigenvalue weighted by Gasteiger charge is 2.14. The molecule has 2 aromatic heterocycles. The minimum atomic E-state index is -0.489. The Bertz CT molecular complexity index is 1310. The Balaban J connectivity index is 1.47. The predicted molar refractivity (Wildman–Crippen MR) is 114 cm³/mol. The molecule has 0 aliphatic rings. The van der Waals surface area contributed by atoms with E-state index in [0.29, 0.717) is 28.3 Å². The summed E-state index contributed by atoms with van der Waals surface area (Å²) < 4.78 is 26.5. The first-order chi connectivity index (χ1) is 15.0. The number of halogens is 1. The number of benzene rings is 2. The molecule has 4 rings (SSSR count). The quantitative estimate of drug-likeness (QED) is 0.476. The van der Waals surface area contributed by atoms with E-state index in [1.807, 2.05) is 13.0 Å². The maximum atomic E-state index is 14.4. The van der Waals surface area contributed by atoms with E-state index in [4.69, 9.17) is 9.15 Å². The maximum Gasteiger partial charge on any atom is 0.339 e. The van der Waals surface area contributed by atoms with Crippen LogP contribution in [0.2, 0.25) is 0 Å². The van der Waals surface area contributed by atoms with Crippen molar-refractivity contribution in [1.82, 2.24) is 9.55 Å². The summed E-state index contributed by atoms with van der Waals surface area (Å²) >= 11 is 0. The van der Waals surface area contributed by atoms with Gasteiger partial charge in [-0.2, -0.15) is 0 Å². The van der Waals surface area contributed by atoms with Crippen LogP contribution in [0.1, 0.15) is 17.5 Å². The highest BCUT2D eigenvalue weighted by molar-refractivity contribution is 5.91. The Hall–Kier alpha value is -3.94. The number of rotatable bonds is 6. The van der Waals surface area contributed by atoms with Crippen molar-refractivity contribution in [2.45, 2.75) is 19.8 Å². The number of aryl methyl sites for hydroxylation is 1. The molecule has 0 saturated heterocycles. The largest absolute Gasteiger partial charge is 0.497 e. The highest BCUT2D eigenvalue weighted by Crippen LogP contribution is 2.24. The van der Waals surface area contributed by atoms with Gasteiger partial charge in [0.2, 0.25) is 5.91 Å². The van der Waals surface area contributed by atoms with Crippen molar-refractivity contribution in [3.8, 4) is 11.4 Å². The Labute approximate surface area is 177 Å². The fourth-order valence-corrected chi connectivity index (χ4v) is 3.45. The van der Waals surface area contributed by atoms with Crippen molar-refractivity contribution in [2.24, 2.45) is 0 Å². The van der Waals surface area contributed by atoms with Crippen LogP contribution in [0.3, 0.4) is 0 Å². The van der Waals surface area contributed by atoms with E-state index in [0.717, 1.165) is 10.9 Å². The van der Waals surface area contributed by atoms with Crippen LogP contribution < -0.4 is 15.7 Å². The number of methoxy groups -OCH3 is 1. The number of hydrogen-bond donors (Lipinski definition) is 1. The van der Waals surface area contributed by atoms with Crippen LogP contribution in [0.4, 0.5) is 10.1 Å². The van der Waals surface area contributed by atoms with E-state index in [9.17, 15) is 14.0 Å². The van der Waals surface area contributed by atoms with Crippen molar-refractivity contribution in [1.29, 1.82) is 0 Å². The van der Waals surface area contributed by atoms with Gasteiger partial charge in [-0.3, -0.25) is 4.79 Å². The van der Waals surface area contributed by atoms with E-state index in [-0.39, 0.29) is 18.7 Å². The van der Waals surface area contributed by atoms with Gasteiger partial charge in [0.25, 0.3) is 0 Å². The molecule has 158 valence electrons. The molecule has 0 unspecified atom stereocenters. The van der Waals surface area contributed by atoms with Crippen LogP contribution in [0.25, 0.3) is 16.7 Å². The van der Waals surface area contributed by atoms with Crippen molar-refractivity contribution in [3.05, 3.63) is 82.5 Å². The van der Waals surface area contributed by atoms with Crippen molar-refractivity contribution < 1.29 is 18.3 Å². The molecule has 2 heterocycles. The number of hydrogen-bond acceptors (Lipinski definition) is 5. The molecule has 0 spiro atoms. The lowest BCUT2D eigenvalue weighted by molar-refractivity contribution is -0.116.